The third-order valence-electron chi connectivity index (χ3n) is 2.97. The number of carbonyl (C=O) groups is 1. The van der Waals surface area contributed by atoms with E-state index in [0.29, 0.717) is 20.4 Å². The fraction of sp³-hybridized carbons (Fsp3) is 0.0714. The van der Waals surface area contributed by atoms with Crippen LogP contribution in [0.25, 0.3) is 10.8 Å². The van der Waals surface area contributed by atoms with E-state index in [0.717, 1.165) is 10.8 Å². The zero-order valence-corrected chi connectivity index (χ0v) is 12.7. The van der Waals surface area contributed by atoms with Crippen molar-refractivity contribution in [2.24, 2.45) is 0 Å². The van der Waals surface area contributed by atoms with Crippen molar-refractivity contribution in [3.63, 3.8) is 0 Å². The van der Waals surface area contributed by atoms with E-state index < -0.39 is 0 Å². The number of methoxy groups -OCH3 is 1. The Morgan fingerprint density at radius 1 is 1.33 bits per heavy atom. The van der Waals surface area contributed by atoms with Gasteiger partial charge in [0.2, 0.25) is 5.13 Å². The van der Waals surface area contributed by atoms with Gasteiger partial charge in [-0.25, -0.2) is 0 Å². The average Bonchev–Trinajstić information content (AvgIpc) is 2.90. The molecule has 0 saturated heterocycles. The average molecular weight is 317 g/mol. The van der Waals surface area contributed by atoms with Crippen molar-refractivity contribution in [3.8, 4) is 5.75 Å². The standard InChI is InChI=1S/C14H11N3O2S2/c1-19-11-7-9-5-3-2-4-8(9)6-10(11)12(18)15-13-16-17-14(20)21-13/h2-7H,1H3,(H,17,20)(H,15,16,18). The van der Waals surface area contributed by atoms with E-state index >= 15 is 0 Å². The van der Waals surface area contributed by atoms with Gasteiger partial charge in [0.1, 0.15) is 5.75 Å². The van der Waals surface area contributed by atoms with E-state index in [1.165, 1.54) is 11.3 Å². The number of amides is 1. The van der Waals surface area contributed by atoms with Crippen LogP contribution in [0.5, 0.6) is 5.75 Å². The molecular formula is C14H11N3O2S2. The smallest absolute Gasteiger partial charge is 0.261 e. The number of rotatable bonds is 3. The summed E-state index contributed by atoms with van der Waals surface area (Å²) in [5, 5.41) is 11.7. The number of hydrogen-bond donors (Lipinski definition) is 2. The molecule has 0 bridgehead atoms. The van der Waals surface area contributed by atoms with Gasteiger partial charge in [-0.05, 0) is 35.1 Å². The Labute approximate surface area is 129 Å². The van der Waals surface area contributed by atoms with E-state index in [1.807, 2.05) is 30.3 Å². The first-order chi connectivity index (χ1) is 10.2. The van der Waals surface area contributed by atoms with Gasteiger partial charge in [-0.3, -0.25) is 15.2 Å². The fourth-order valence-electron chi connectivity index (χ4n) is 2.01. The Hall–Kier alpha value is -2.25. The van der Waals surface area contributed by atoms with Gasteiger partial charge in [0.05, 0.1) is 12.7 Å². The molecule has 2 aromatic carbocycles. The number of benzene rings is 2. The van der Waals surface area contributed by atoms with Gasteiger partial charge in [-0.15, -0.1) is 5.10 Å². The first kappa shape index (κ1) is 13.7. The van der Waals surface area contributed by atoms with Gasteiger partial charge in [-0.1, -0.05) is 35.6 Å². The van der Waals surface area contributed by atoms with E-state index in [2.05, 4.69) is 15.5 Å². The highest BCUT2D eigenvalue weighted by atomic mass is 32.1. The highest BCUT2D eigenvalue weighted by Crippen LogP contribution is 2.27. The highest BCUT2D eigenvalue weighted by molar-refractivity contribution is 7.73. The van der Waals surface area contributed by atoms with Gasteiger partial charge >= 0.3 is 0 Å². The zero-order valence-electron chi connectivity index (χ0n) is 11.0. The van der Waals surface area contributed by atoms with Crippen LogP contribution in [0, 0.1) is 3.95 Å². The topological polar surface area (TPSA) is 67.0 Å². The Kier molecular flexibility index (Phi) is 3.68. The summed E-state index contributed by atoms with van der Waals surface area (Å²) < 4.78 is 5.82. The molecular weight excluding hydrogens is 306 g/mol. The van der Waals surface area contributed by atoms with Crippen molar-refractivity contribution >= 4 is 45.4 Å². The largest absolute Gasteiger partial charge is 0.496 e. The molecule has 0 aliphatic carbocycles. The van der Waals surface area contributed by atoms with Gasteiger partial charge in [0, 0.05) is 0 Å². The minimum absolute atomic E-state index is 0.282. The van der Waals surface area contributed by atoms with Crippen LogP contribution in [-0.4, -0.2) is 23.2 Å². The molecule has 5 nitrogen and oxygen atoms in total. The van der Waals surface area contributed by atoms with Crippen molar-refractivity contribution in [2.75, 3.05) is 12.4 Å². The summed E-state index contributed by atoms with van der Waals surface area (Å²) in [5.41, 5.74) is 0.456. The SMILES string of the molecule is COc1cc2ccccc2cc1C(=O)Nc1n[nH]c(=S)s1. The Balaban J connectivity index is 2.01. The molecule has 0 unspecified atom stereocenters. The zero-order chi connectivity index (χ0) is 14.8. The molecule has 3 rings (SSSR count). The maximum atomic E-state index is 12.4. The monoisotopic (exact) mass is 317 g/mol. The van der Waals surface area contributed by atoms with Crippen LogP contribution in [-0.2, 0) is 0 Å². The van der Waals surface area contributed by atoms with E-state index in [-0.39, 0.29) is 5.91 Å². The second-order valence-electron chi connectivity index (χ2n) is 4.27. The number of hydrogen-bond acceptors (Lipinski definition) is 5. The molecule has 7 heteroatoms. The van der Waals surface area contributed by atoms with Crippen LogP contribution in [0.4, 0.5) is 5.13 Å². The predicted molar refractivity (Wildman–Crippen MR) is 85.8 cm³/mol. The van der Waals surface area contributed by atoms with E-state index in [1.54, 1.807) is 13.2 Å². The molecule has 3 aromatic rings. The molecule has 21 heavy (non-hydrogen) atoms. The lowest BCUT2D eigenvalue weighted by Gasteiger charge is -2.09. The molecule has 106 valence electrons. The van der Waals surface area contributed by atoms with Crippen molar-refractivity contribution in [1.82, 2.24) is 10.2 Å². The molecule has 0 aliphatic heterocycles. The molecule has 0 atom stereocenters. The van der Waals surface area contributed by atoms with Gasteiger partial charge in [-0.2, -0.15) is 0 Å². The van der Waals surface area contributed by atoms with Crippen LogP contribution < -0.4 is 10.1 Å². The van der Waals surface area contributed by atoms with Crippen molar-refractivity contribution < 1.29 is 9.53 Å². The summed E-state index contributed by atoms with van der Waals surface area (Å²) in [7, 11) is 1.54. The van der Waals surface area contributed by atoms with Crippen LogP contribution in [0.3, 0.4) is 0 Å². The number of H-pyrrole nitrogens is 1. The number of carbonyl (C=O) groups excluding carboxylic acids is 1. The molecule has 1 amide bonds. The van der Waals surface area contributed by atoms with Gasteiger partial charge in [0.15, 0.2) is 3.95 Å². The van der Waals surface area contributed by atoms with Gasteiger partial charge in [0.25, 0.3) is 5.91 Å². The van der Waals surface area contributed by atoms with E-state index in [4.69, 9.17) is 17.0 Å². The summed E-state index contributed by atoms with van der Waals surface area (Å²) >= 11 is 6.14. The van der Waals surface area contributed by atoms with Crippen molar-refractivity contribution in [1.29, 1.82) is 0 Å². The molecule has 2 N–H and O–H groups in total. The summed E-state index contributed by atoms with van der Waals surface area (Å²) in [5.74, 6) is 0.237. The third kappa shape index (κ3) is 2.79. The number of aromatic nitrogens is 2. The van der Waals surface area contributed by atoms with Crippen molar-refractivity contribution in [3.05, 3.63) is 45.9 Å². The molecule has 1 heterocycles. The van der Waals surface area contributed by atoms with Crippen LogP contribution in [0.15, 0.2) is 36.4 Å². The molecule has 1 aromatic heterocycles. The van der Waals surface area contributed by atoms with Crippen LogP contribution >= 0.6 is 23.6 Å². The summed E-state index contributed by atoms with van der Waals surface area (Å²) in [6.45, 7) is 0. The number of nitrogens with zero attached hydrogens (tertiary/aromatic N) is 1. The third-order valence-corrected chi connectivity index (χ3v) is 3.98. The lowest BCUT2D eigenvalue weighted by atomic mass is 10.1. The molecule has 0 spiro atoms. The summed E-state index contributed by atoms with van der Waals surface area (Å²) in [4.78, 5) is 12.4. The summed E-state index contributed by atoms with van der Waals surface area (Å²) in [6, 6.07) is 11.4. The Morgan fingerprint density at radius 2 is 2.05 bits per heavy atom. The number of aromatic amines is 1. The molecule has 0 fully saturated rings. The summed E-state index contributed by atoms with van der Waals surface area (Å²) in [6.07, 6.45) is 0. The predicted octanol–water partition coefficient (Wildman–Crippen LogP) is 3.61. The molecule has 0 saturated carbocycles. The lowest BCUT2D eigenvalue weighted by molar-refractivity contribution is 0.102. The fourth-order valence-corrected chi connectivity index (χ4v) is 2.80. The maximum absolute atomic E-state index is 12.4. The lowest BCUT2D eigenvalue weighted by Crippen LogP contribution is -2.13. The quantitative estimate of drug-likeness (QED) is 0.724. The minimum Gasteiger partial charge on any atom is -0.496 e. The van der Waals surface area contributed by atoms with Crippen molar-refractivity contribution in [2.45, 2.75) is 0 Å². The number of anilines is 1. The van der Waals surface area contributed by atoms with Crippen LogP contribution in [0.2, 0.25) is 0 Å². The number of ether oxygens (including phenoxy) is 1. The Bertz CT molecular complexity index is 870. The first-order valence-corrected chi connectivity index (χ1v) is 7.33. The second-order valence-corrected chi connectivity index (χ2v) is 5.94. The Morgan fingerprint density at radius 3 is 2.67 bits per heavy atom. The first-order valence-electron chi connectivity index (χ1n) is 6.11. The van der Waals surface area contributed by atoms with E-state index in [9.17, 15) is 4.79 Å². The maximum Gasteiger partial charge on any atom is 0.261 e. The van der Waals surface area contributed by atoms with Gasteiger partial charge < -0.3 is 4.74 Å². The second kappa shape index (κ2) is 5.63. The molecule has 0 aliphatic rings. The number of nitrogens with one attached hydrogen (secondary N) is 2. The van der Waals surface area contributed by atoms with Crippen LogP contribution in [0.1, 0.15) is 10.4 Å². The highest BCUT2D eigenvalue weighted by Gasteiger charge is 2.15. The normalized spacial score (nSPS) is 10.5. The number of fused-ring (bicyclic) bond motifs is 1. The molecule has 0 radical (unpaired) electrons. The minimum atomic E-state index is -0.282.